The number of piperidine rings is 1. The third-order valence-electron chi connectivity index (χ3n) is 3.81. The molecule has 0 radical (unpaired) electrons. The van der Waals surface area contributed by atoms with Gasteiger partial charge in [0, 0.05) is 23.2 Å². The summed E-state index contributed by atoms with van der Waals surface area (Å²) in [5.41, 5.74) is 0.314. The molecule has 0 unspecified atom stereocenters. The van der Waals surface area contributed by atoms with Gasteiger partial charge in [-0.3, -0.25) is 4.79 Å². The van der Waals surface area contributed by atoms with Crippen LogP contribution in [-0.2, 0) is 11.2 Å². The molecule has 0 bridgehead atoms. The van der Waals surface area contributed by atoms with Gasteiger partial charge in [-0.1, -0.05) is 24.6 Å². The van der Waals surface area contributed by atoms with E-state index in [9.17, 15) is 9.18 Å². The lowest BCUT2D eigenvalue weighted by molar-refractivity contribution is -0.134. The van der Waals surface area contributed by atoms with Gasteiger partial charge < -0.3 is 4.90 Å². The van der Waals surface area contributed by atoms with E-state index in [1.807, 2.05) is 4.90 Å². The molecular formula is C15H19ClFNO. The van der Waals surface area contributed by atoms with E-state index in [1.165, 1.54) is 12.5 Å². The molecule has 1 aliphatic rings. The standard InChI is InChI=1S/C15H19ClFNO/c1-2-11-6-3-4-9-18(11)15(19)10-12-13(16)7-5-8-14(12)17/h5,7-8,11H,2-4,6,9-10H2,1H3/t11-/m0/s1. The highest BCUT2D eigenvalue weighted by Crippen LogP contribution is 2.24. The summed E-state index contributed by atoms with van der Waals surface area (Å²) >= 11 is 5.97. The summed E-state index contributed by atoms with van der Waals surface area (Å²) in [4.78, 5) is 14.2. The lowest BCUT2D eigenvalue weighted by atomic mass is 9.99. The maximum absolute atomic E-state index is 13.7. The largest absolute Gasteiger partial charge is 0.339 e. The van der Waals surface area contributed by atoms with E-state index in [1.54, 1.807) is 12.1 Å². The second kappa shape index (κ2) is 6.38. The third kappa shape index (κ3) is 3.27. The molecule has 1 atom stereocenters. The minimum atomic E-state index is -0.397. The fraction of sp³-hybridized carbons (Fsp3) is 0.533. The molecule has 0 spiro atoms. The average Bonchev–Trinajstić information content (AvgIpc) is 2.42. The summed E-state index contributed by atoms with van der Waals surface area (Å²) in [6, 6.07) is 4.83. The third-order valence-corrected chi connectivity index (χ3v) is 4.16. The zero-order valence-corrected chi connectivity index (χ0v) is 11.9. The van der Waals surface area contributed by atoms with Crippen molar-refractivity contribution in [3.05, 3.63) is 34.6 Å². The fourth-order valence-electron chi connectivity index (χ4n) is 2.71. The maximum atomic E-state index is 13.7. The Balaban J connectivity index is 2.12. The van der Waals surface area contributed by atoms with Crippen molar-refractivity contribution in [3.63, 3.8) is 0 Å². The number of amides is 1. The number of carbonyl (C=O) groups is 1. The van der Waals surface area contributed by atoms with Crippen molar-refractivity contribution in [1.29, 1.82) is 0 Å². The molecule has 0 aromatic heterocycles. The van der Waals surface area contributed by atoms with Crippen molar-refractivity contribution in [2.75, 3.05) is 6.54 Å². The lowest BCUT2D eigenvalue weighted by Crippen LogP contribution is -2.44. The minimum absolute atomic E-state index is 0.0152. The molecule has 104 valence electrons. The Labute approximate surface area is 118 Å². The first-order valence-electron chi connectivity index (χ1n) is 6.85. The Morgan fingerprint density at radius 2 is 2.26 bits per heavy atom. The van der Waals surface area contributed by atoms with E-state index in [0.717, 1.165) is 25.8 Å². The van der Waals surface area contributed by atoms with Gasteiger partial charge in [0.25, 0.3) is 0 Å². The van der Waals surface area contributed by atoms with Gasteiger partial charge in [-0.05, 0) is 37.8 Å². The van der Waals surface area contributed by atoms with Crippen molar-refractivity contribution in [2.45, 2.75) is 45.1 Å². The van der Waals surface area contributed by atoms with Crippen LogP contribution in [0.3, 0.4) is 0 Å². The number of rotatable bonds is 3. The van der Waals surface area contributed by atoms with E-state index >= 15 is 0 Å². The molecule has 2 nitrogen and oxygen atoms in total. The Morgan fingerprint density at radius 3 is 2.95 bits per heavy atom. The Hall–Kier alpha value is -1.09. The van der Waals surface area contributed by atoms with Crippen molar-refractivity contribution in [1.82, 2.24) is 4.90 Å². The van der Waals surface area contributed by atoms with E-state index in [4.69, 9.17) is 11.6 Å². The van der Waals surface area contributed by atoms with Crippen LogP contribution in [0.2, 0.25) is 5.02 Å². The van der Waals surface area contributed by atoms with Crippen molar-refractivity contribution in [3.8, 4) is 0 Å². The molecule has 0 N–H and O–H groups in total. The Bertz CT molecular complexity index is 443. The average molecular weight is 284 g/mol. The van der Waals surface area contributed by atoms with Crippen LogP contribution in [0.5, 0.6) is 0 Å². The van der Waals surface area contributed by atoms with Crippen LogP contribution >= 0.6 is 11.6 Å². The smallest absolute Gasteiger partial charge is 0.227 e. The van der Waals surface area contributed by atoms with Gasteiger partial charge >= 0.3 is 0 Å². The molecule has 1 saturated heterocycles. The van der Waals surface area contributed by atoms with Crippen LogP contribution in [0, 0.1) is 5.82 Å². The molecule has 1 aromatic carbocycles. The Morgan fingerprint density at radius 1 is 1.47 bits per heavy atom. The monoisotopic (exact) mass is 283 g/mol. The van der Waals surface area contributed by atoms with Crippen LogP contribution in [0.15, 0.2) is 18.2 Å². The van der Waals surface area contributed by atoms with Crippen molar-refractivity contribution in [2.24, 2.45) is 0 Å². The van der Waals surface area contributed by atoms with Crippen LogP contribution in [0.4, 0.5) is 4.39 Å². The molecule has 0 aliphatic carbocycles. The highest BCUT2D eigenvalue weighted by molar-refractivity contribution is 6.31. The highest BCUT2D eigenvalue weighted by Gasteiger charge is 2.26. The molecule has 1 aliphatic heterocycles. The predicted molar refractivity (Wildman–Crippen MR) is 74.8 cm³/mol. The summed E-state index contributed by atoms with van der Waals surface area (Å²) in [5.74, 6) is -0.413. The Kier molecular flexibility index (Phi) is 4.81. The number of nitrogens with zero attached hydrogens (tertiary/aromatic N) is 1. The van der Waals surface area contributed by atoms with Gasteiger partial charge in [0.05, 0.1) is 6.42 Å². The number of benzene rings is 1. The zero-order valence-electron chi connectivity index (χ0n) is 11.2. The summed E-state index contributed by atoms with van der Waals surface area (Å²) in [7, 11) is 0. The topological polar surface area (TPSA) is 20.3 Å². The first-order valence-corrected chi connectivity index (χ1v) is 7.23. The van der Waals surface area contributed by atoms with Crippen LogP contribution in [0.1, 0.15) is 38.2 Å². The minimum Gasteiger partial charge on any atom is -0.339 e. The zero-order chi connectivity index (χ0) is 13.8. The van der Waals surface area contributed by atoms with Gasteiger partial charge in [0.2, 0.25) is 5.91 Å². The van der Waals surface area contributed by atoms with E-state index < -0.39 is 5.82 Å². The summed E-state index contributed by atoms with van der Waals surface area (Å²) in [6.07, 6.45) is 4.27. The quantitative estimate of drug-likeness (QED) is 0.826. The summed E-state index contributed by atoms with van der Waals surface area (Å²) in [5, 5.41) is 0.332. The van der Waals surface area contributed by atoms with E-state index in [0.29, 0.717) is 16.6 Å². The van der Waals surface area contributed by atoms with Crippen LogP contribution < -0.4 is 0 Å². The first-order chi connectivity index (χ1) is 9.13. The lowest BCUT2D eigenvalue weighted by Gasteiger charge is -2.35. The van der Waals surface area contributed by atoms with Gasteiger partial charge in [-0.2, -0.15) is 0 Å². The maximum Gasteiger partial charge on any atom is 0.227 e. The van der Waals surface area contributed by atoms with Crippen LogP contribution in [0.25, 0.3) is 0 Å². The molecule has 19 heavy (non-hydrogen) atoms. The molecule has 1 heterocycles. The molecular weight excluding hydrogens is 265 g/mol. The number of carbonyl (C=O) groups excluding carboxylic acids is 1. The first kappa shape index (κ1) is 14.3. The van der Waals surface area contributed by atoms with Gasteiger partial charge in [0.1, 0.15) is 5.82 Å². The van der Waals surface area contributed by atoms with E-state index in [-0.39, 0.29) is 12.3 Å². The summed E-state index contributed by atoms with van der Waals surface area (Å²) < 4.78 is 13.7. The number of halogens is 2. The van der Waals surface area contributed by atoms with E-state index in [2.05, 4.69) is 6.92 Å². The predicted octanol–water partition coefficient (Wildman–Crippen LogP) is 3.81. The van der Waals surface area contributed by atoms with Crippen LogP contribution in [-0.4, -0.2) is 23.4 Å². The van der Waals surface area contributed by atoms with Crippen molar-refractivity contribution < 1.29 is 9.18 Å². The summed E-state index contributed by atoms with van der Waals surface area (Å²) in [6.45, 7) is 2.87. The molecule has 1 amide bonds. The molecule has 2 rings (SSSR count). The number of hydrogen-bond acceptors (Lipinski definition) is 1. The molecule has 0 saturated carbocycles. The second-order valence-corrected chi connectivity index (χ2v) is 5.43. The SMILES string of the molecule is CC[C@H]1CCCCN1C(=O)Cc1c(F)cccc1Cl. The normalized spacial score (nSPS) is 19.5. The highest BCUT2D eigenvalue weighted by atomic mass is 35.5. The molecule has 4 heteroatoms. The number of hydrogen-bond donors (Lipinski definition) is 0. The second-order valence-electron chi connectivity index (χ2n) is 5.02. The van der Waals surface area contributed by atoms with Gasteiger partial charge in [-0.15, -0.1) is 0 Å². The van der Waals surface area contributed by atoms with Crippen molar-refractivity contribution >= 4 is 17.5 Å². The van der Waals surface area contributed by atoms with Gasteiger partial charge in [0.15, 0.2) is 0 Å². The fourth-order valence-corrected chi connectivity index (χ4v) is 2.94. The molecule has 1 aromatic rings. The number of likely N-dealkylation sites (tertiary alicyclic amines) is 1. The van der Waals surface area contributed by atoms with Gasteiger partial charge in [-0.25, -0.2) is 4.39 Å². The molecule has 1 fully saturated rings.